The lowest BCUT2D eigenvalue weighted by Crippen LogP contribution is -1.98. The fourth-order valence-corrected chi connectivity index (χ4v) is 2.71. The van der Waals surface area contributed by atoms with Crippen molar-refractivity contribution in [3.05, 3.63) is 50.6 Å². The Labute approximate surface area is 107 Å². The molecule has 0 saturated carbocycles. The number of rotatable bonds is 3. The molecule has 0 fully saturated rings. The molecule has 16 heavy (non-hydrogen) atoms. The van der Waals surface area contributed by atoms with Gasteiger partial charge in [-0.25, -0.2) is 0 Å². The van der Waals surface area contributed by atoms with Gasteiger partial charge < -0.3 is 9.84 Å². The Balaban J connectivity index is 2.31. The smallest absolute Gasteiger partial charge is 0.133 e. The number of aliphatic hydroxyl groups is 1. The number of methoxy groups -OCH3 is 1. The molecule has 2 rings (SSSR count). The molecule has 0 spiro atoms. The van der Waals surface area contributed by atoms with E-state index in [1.54, 1.807) is 18.4 Å². The molecule has 1 atom stereocenters. The fraction of sp³-hybridized carbons (Fsp3) is 0.167. The third kappa shape index (κ3) is 2.29. The van der Waals surface area contributed by atoms with Crippen LogP contribution in [0.1, 0.15) is 17.2 Å². The molecule has 2 nitrogen and oxygen atoms in total. The van der Waals surface area contributed by atoms with Gasteiger partial charge in [0, 0.05) is 0 Å². The summed E-state index contributed by atoms with van der Waals surface area (Å²) in [7, 11) is 1.62. The third-order valence-electron chi connectivity index (χ3n) is 2.35. The van der Waals surface area contributed by atoms with E-state index in [4.69, 9.17) is 4.74 Å². The molecular weight excluding hydrogens is 288 g/mol. The molecule has 1 unspecified atom stereocenters. The molecule has 2 aromatic rings. The molecule has 1 heterocycles. The first kappa shape index (κ1) is 11.6. The summed E-state index contributed by atoms with van der Waals surface area (Å²) in [6, 6.07) is 7.51. The van der Waals surface area contributed by atoms with Crippen molar-refractivity contribution in [2.75, 3.05) is 7.11 Å². The Morgan fingerprint density at radius 2 is 2.12 bits per heavy atom. The second-order valence-corrected chi connectivity index (χ2v) is 4.99. The zero-order valence-corrected chi connectivity index (χ0v) is 11.1. The maximum atomic E-state index is 10.1. The number of halogens is 1. The van der Waals surface area contributed by atoms with Crippen molar-refractivity contribution < 1.29 is 9.84 Å². The molecule has 0 aliphatic heterocycles. The molecule has 0 amide bonds. The lowest BCUT2D eigenvalue weighted by molar-refractivity contribution is 0.220. The number of aliphatic hydroxyl groups excluding tert-OH is 1. The summed E-state index contributed by atoms with van der Waals surface area (Å²) in [5, 5.41) is 14.0. The molecule has 4 heteroatoms. The van der Waals surface area contributed by atoms with E-state index in [0.29, 0.717) is 0 Å². The largest absolute Gasteiger partial charge is 0.496 e. The van der Waals surface area contributed by atoms with Crippen molar-refractivity contribution >= 4 is 27.3 Å². The fourth-order valence-electron chi connectivity index (χ4n) is 1.48. The molecule has 0 aliphatic carbocycles. The van der Waals surface area contributed by atoms with Crippen LogP contribution in [0.3, 0.4) is 0 Å². The minimum absolute atomic E-state index is 0.576. The predicted molar refractivity (Wildman–Crippen MR) is 69.1 cm³/mol. The number of benzene rings is 1. The van der Waals surface area contributed by atoms with Crippen LogP contribution < -0.4 is 4.74 Å². The Hall–Kier alpha value is -0.840. The summed E-state index contributed by atoms with van der Waals surface area (Å²) in [4.78, 5) is 0. The van der Waals surface area contributed by atoms with Gasteiger partial charge in [0.05, 0.1) is 11.6 Å². The number of thiophene rings is 1. The van der Waals surface area contributed by atoms with Crippen molar-refractivity contribution in [2.45, 2.75) is 6.10 Å². The van der Waals surface area contributed by atoms with Crippen LogP contribution in [0.2, 0.25) is 0 Å². The van der Waals surface area contributed by atoms with E-state index >= 15 is 0 Å². The molecule has 0 saturated heterocycles. The minimum Gasteiger partial charge on any atom is -0.496 e. The average molecular weight is 299 g/mol. The van der Waals surface area contributed by atoms with Crippen LogP contribution in [-0.4, -0.2) is 12.2 Å². The number of hydrogen-bond acceptors (Lipinski definition) is 3. The van der Waals surface area contributed by atoms with Crippen LogP contribution in [0.15, 0.2) is 39.5 Å². The van der Waals surface area contributed by atoms with E-state index in [-0.39, 0.29) is 0 Å². The highest BCUT2D eigenvalue weighted by atomic mass is 79.9. The molecule has 1 aromatic carbocycles. The molecule has 0 bridgehead atoms. The summed E-state index contributed by atoms with van der Waals surface area (Å²) >= 11 is 4.98. The van der Waals surface area contributed by atoms with Gasteiger partial charge >= 0.3 is 0 Å². The van der Waals surface area contributed by atoms with Gasteiger partial charge in [0.15, 0.2) is 0 Å². The van der Waals surface area contributed by atoms with Crippen molar-refractivity contribution in [1.82, 2.24) is 0 Å². The molecule has 0 radical (unpaired) electrons. The van der Waals surface area contributed by atoms with Crippen LogP contribution in [0.25, 0.3) is 0 Å². The monoisotopic (exact) mass is 298 g/mol. The number of ether oxygens (including phenoxy) is 1. The van der Waals surface area contributed by atoms with E-state index in [1.165, 1.54) is 0 Å². The van der Waals surface area contributed by atoms with Crippen molar-refractivity contribution in [1.29, 1.82) is 0 Å². The minimum atomic E-state index is -0.576. The SMILES string of the molecule is COc1ccc(C(O)c2ccsc2)cc1Br. The van der Waals surface area contributed by atoms with E-state index in [1.807, 2.05) is 35.0 Å². The van der Waals surface area contributed by atoms with Crippen LogP contribution in [0.4, 0.5) is 0 Å². The number of hydrogen-bond donors (Lipinski definition) is 1. The first-order valence-electron chi connectivity index (χ1n) is 4.76. The Morgan fingerprint density at radius 3 is 2.69 bits per heavy atom. The quantitative estimate of drug-likeness (QED) is 0.938. The maximum absolute atomic E-state index is 10.1. The summed E-state index contributed by atoms with van der Waals surface area (Å²) in [5.41, 5.74) is 1.77. The van der Waals surface area contributed by atoms with E-state index < -0.39 is 6.10 Å². The zero-order valence-electron chi connectivity index (χ0n) is 8.68. The van der Waals surface area contributed by atoms with Gasteiger partial charge in [0.1, 0.15) is 11.9 Å². The van der Waals surface area contributed by atoms with Gasteiger partial charge in [-0.05, 0) is 56.0 Å². The molecule has 1 aromatic heterocycles. The predicted octanol–water partition coefficient (Wildman–Crippen LogP) is 3.60. The second kappa shape index (κ2) is 4.99. The van der Waals surface area contributed by atoms with Crippen molar-refractivity contribution in [2.24, 2.45) is 0 Å². The first-order chi connectivity index (χ1) is 7.72. The highest BCUT2D eigenvalue weighted by Crippen LogP contribution is 2.31. The summed E-state index contributed by atoms with van der Waals surface area (Å²) in [6.45, 7) is 0. The lowest BCUT2D eigenvalue weighted by Gasteiger charge is -2.11. The Kier molecular flexibility index (Phi) is 3.63. The zero-order chi connectivity index (χ0) is 11.5. The van der Waals surface area contributed by atoms with Crippen LogP contribution >= 0.6 is 27.3 Å². The van der Waals surface area contributed by atoms with Gasteiger partial charge in [-0.1, -0.05) is 6.07 Å². The lowest BCUT2D eigenvalue weighted by atomic mass is 10.0. The molecule has 84 valence electrons. The van der Waals surface area contributed by atoms with E-state index in [9.17, 15) is 5.11 Å². The highest BCUT2D eigenvalue weighted by molar-refractivity contribution is 9.10. The summed E-state index contributed by atoms with van der Waals surface area (Å²) in [6.07, 6.45) is -0.576. The van der Waals surface area contributed by atoms with Gasteiger partial charge in [-0.2, -0.15) is 11.3 Å². The van der Waals surface area contributed by atoms with Gasteiger partial charge in [0.25, 0.3) is 0 Å². The normalized spacial score (nSPS) is 12.4. The van der Waals surface area contributed by atoms with Crippen molar-refractivity contribution in [3.63, 3.8) is 0 Å². The summed E-state index contributed by atoms with van der Waals surface area (Å²) in [5.74, 6) is 0.765. The Bertz CT molecular complexity index is 468. The molecule has 0 aliphatic rings. The van der Waals surface area contributed by atoms with Crippen LogP contribution in [0.5, 0.6) is 5.75 Å². The highest BCUT2D eigenvalue weighted by Gasteiger charge is 2.12. The van der Waals surface area contributed by atoms with Crippen molar-refractivity contribution in [3.8, 4) is 5.75 Å². The molecule has 1 N–H and O–H groups in total. The van der Waals surface area contributed by atoms with Gasteiger partial charge in [0.2, 0.25) is 0 Å². The third-order valence-corrected chi connectivity index (χ3v) is 3.67. The maximum Gasteiger partial charge on any atom is 0.133 e. The van der Waals surface area contributed by atoms with Crippen LogP contribution in [-0.2, 0) is 0 Å². The topological polar surface area (TPSA) is 29.5 Å². The first-order valence-corrected chi connectivity index (χ1v) is 6.49. The average Bonchev–Trinajstić information content (AvgIpc) is 2.81. The van der Waals surface area contributed by atoms with E-state index in [0.717, 1.165) is 21.3 Å². The molecular formula is C12H11BrO2S. The standard InChI is InChI=1S/C12H11BrO2S/c1-15-11-3-2-8(6-10(11)13)12(14)9-4-5-16-7-9/h2-7,12,14H,1H3. The Morgan fingerprint density at radius 1 is 1.31 bits per heavy atom. The van der Waals surface area contributed by atoms with Gasteiger partial charge in [-0.3, -0.25) is 0 Å². The summed E-state index contributed by atoms with van der Waals surface area (Å²) < 4.78 is 5.99. The van der Waals surface area contributed by atoms with Crippen LogP contribution in [0, 0.1) is 0 Å². The second-order valence-electron chi connectivity index (χ2n) is 3.35. The van der Waals surface area contributed by atoms with E-state index in [2.05, 4.69) is 15.9 Å². The van der Waals surface area contributed by atoms with Gasteiger partial charge in [-0.15, -0.1) is 0 Å².